The molecule has 4 heteroatoms. The summed E-state index contributed by atoms with van der Waals surface area (Å²) in [6, 6.07) is 6.47. The fourth-order valence-corrected chi connectivity index (χ4v) is 2.48. The molecule has 0 amide bonds. The van der Waals surface area contributed by atoms with Gasteiger partial charge in [0.2, 0.25) is 0 Å². The minimum Gasteiger partial charge on any atom is -0.385 e. The number of hydrogen-bond acceptors (Lipinski definition) is 2. The van der Waals surface area contributed by atoms with Crippen LogP contribution in [0, 0.1) is 5.92 Å². The lowest BCUT2D eigenvalue weighted by atomic mass is 9.92. The van der Waals surface area contributed by atoms with E-state index in [9.17, 15) is 0 Å². The highest BCUT2D eigenvalue weighted by Gasteiger charge is 2.18. The number of ether oxygens (including phenoxy) is 1. The summed E-state index contributed by atoms with van der Waals surface area (Å²) >= 11 is 9.59. The predicted molar refractivity (Wildman–Crippen MR) is 81.2 cm³/mol. The molecule has 0 radical (unpaired) electrons. The summed E-state index contributed by atoms with van der Waals surface area (Å²) in [5, 5.41) is 4.28. The Bertz CT molecular complexity index is 373. The maximum absolute atomic E-state index is 6.17. The molecule has 2 atom stereocenters. The summed E-state index contributed by atoms with van der Waals surface area (Å²) in [6.45, 7) is 6.09. The van der Waals surface area contributed by atoms with Crippen LogP contribution in [0.2, 0.25) is 5.02 Å². The number of rotatable bonds is 7. The van der Waals surface area contributed by atoms with E-state index in [-0.39, 0.29) is 0 Å². The van der Waals surface area contributed by atoms with Crippen LogP contribution < -0.4 is 5.32 Å². The largest absolute Gasteiger partial charge is 0.385 e. The Labute approximate surface area is 123 Å². The van der Waals surface area contributed by atoms with Crippen molar-refractivity contribution in [1.82, 2.24) is 5.32 Å². The van der Waals surface area contributed by atoms with E-state index in [2.05, 4.69) is 41.2 Å². The van der Waals surface area contributed by atoms with Crippen LogP contribution in [-0.2, 0) is 4.74 Å². The molecule has 102 valence electrons. The topological polar surface area (TPSA) is 21.3 Å². The lowest BCUT2D eigenvalue weighted by Gasteiger charge is -2.25. The Morgan fingerprint density at radius 3 is 2.72 bits per heavy atom. The van der Waals surface area contributed by atoms with E-state index in [0.29, 0.717) is 12.0 Å². The Balaban J connectivity index is 2.85. The first-order valence-electron chi connectivity index (χ1n) is 6.27. The molecule has 0 aliphatic carbocycles. The molecule has 0 fully saturated rings. The van der Waals surface area contributed by atoms with Crippen LogP contribution in [0.15, 0.2) is 22.7 Å². The molecule has 18 heavy (non-hydrogen) atoms. The Morgan fingerprint density at radius 1 is 1.44 bits per heavy atom. The second kappa shape index (κ2) is 8.16. The maximum atomic E-state index is 6.17. The van der Waals surface area contributed by atoms with E-state index < -0.39 is 0 Å². The molecule has 0 spiro atoms. The fourth-order valence-electron chi connectivity index (χ4n) is 2.04. The van der Waals surface area contributed by atoms with E-state index >= 15 is 0 Å². The number of halogens is 2. The highest BCUT2D eigenvalue weighted by molar-refractivity contribution is 9.10. The first-order chi connectivity index (χ1) is 8.60. The van der Waals surface area contributed by atoms with Crippen LogP contribution >= 0.6 is 27.5 Å². The summed E-state index contributed by atoms with van der Waals surface area (Å²) in [5.74, 6) is 0.502. The molecule has 0 aliphatic heterocycles. The maximum Gasteiger partial charge on any atom is 0.0551 e. The molecule has 0 bridgehead atoms. The number of benzene rings is 1. The Hall–Kier alpha value is -0.0900. The van der Waals surface area contributed by atoms with Gasteiger partial charge in [-0.15, -0.1) is 0 Å². The SMILES string of the molecule is CCNC(c1ccc(Br)c(Cl)c1)C(C)CCOC. The van der Waals surface area contributed by atoms with E-state index in [1.165, 1.54) is 5.56 Å². The number of nitrogens with one attached hydrogen (secondary N) is 1. The predicted octanol–water partition coefficient (Wildman–Crippen LogP) is 4.43. The molecular weight excluding hydrogens is 314 g/mol. The van der Waals surface area contributed by atoms with Gasteiger partial charge in [-0.1, -0.05) is 31.5 Å². The van der Waals surface area contributed by atoms with Gasteiger partial charge in [-0.3, -0.25) is 0 Å². The fraction of sp³-hybridized carbons (Fsp3) is 0.571. The van der Waals surface area contributed by atoms with Crippen molar-refractivity contribution in [3.05, 3.63) is 33.3 Å². The van der Waals surface area contributed by atoms with Crippen molar-refractivity contribution in [3.8, 4) is 0 Å². The van der Waals surface area contributed by atoms with Crippen LogP contribution in [0.5, 0.6) is 0 Å². The van der Waals surface area contributed by atoms with Crippen LogP contribution in [0.1, 0.15) is 31.9 Å². The third-order valence-electron chi connectivity index (χ3n) is 3.07. The molecule has 1 aromatic rings. The van der Waals surface area contributed by atoms with Crippen molar-refractivity contribution < 1.29 is 4.74 Å². The zero-order chi connectivity index (χ0) is 13.5. The molecule has 0 aromatic heterocycles. The van der Waals surface area contributed by atoms with Gasteiger partial charge in [0.25, 0.3) is 0 Å². The molecule has 1 N–H and O–H groups in total. The molecular formula is C14H21BrClNO. The molecule has 1 rings (SSSR count). The highest BCUT2D eigenvalue weighted by Crippen LogP contribution is 2.30. The first kappa shape index (κ1) is 16.0. The number of methoxy groups -OCH3 is 1. The van der Waals surface area contributed by atoms with Gasteiger partial charge in [-0.2, -0.15) is 0 Å². The normalized spacial score (nSPS) is 14.5. The van der Waals surface area contributed by atoms with Gasteiger partial charge in [0.05, 0.1) is 5.02 Å². The lowest BCUT2D eigenvalue weighted by molar-refractivity contribution is 0.170. The van der Waals surface area contributed by atoms with Crippen LogP contribution in [0.3, 0.4) is 0 Å². The highest BCUT2D eigenvalue weighted by atomic mass is 79.9. The molecule has 1 aromatic carbocycles. The van der Waals surface area contributed by atoms with Crippen LogP contribution in [-0.4, -0.2) is 20.3 Å². The minimum absolute atomic E-state index is 0.316. The van der Waals surface area contributed by atoms with Gasteiger partial charge in [0, 0.05) is 24.2 Å². The average molecular weight is 335 g/mol. The zero-order valence-corrected chi connectivity index (χ0v) is 13.5. The molecule has 0 saturated heterocycles. The average Bonchev–Trinajstić information content (AvgIpc) is 2.36. The molecule has 0 aliphatic rings. The molecule has 0 heterocycles. The standard InChI is InChI=1S/C14H21BrClNO/c1-4-17-14(10(2)7-8-18-3)11-5-6-12(15)13(16)9-11/h5-6,9-10,14,17H,4,7-8H2,1-3H3. The van der Waals surface area contributed by atoms with E-state index in [4.69, 9.17) is 16.3 Å². The summed E-state index contributed by atoms with van der Waals surface area (Å²) < 4.78 is 6.10. The van der Waals surface area contributed by atoms with Crippen molar-refractivity contribution >= 4 is 27.5 Å². The van der Waals surface area contributed by atoms with Gasteiger partial charge in [0.1, 0.15) is 0 Å². The lowest BCUT2D eigenvalue weighted by Crippen LogP contribution is -2.27. The van der Waals surface area contributed by atoms with Crippen LogP contribution in [0.4, 0.5) is 0 Å². The Morgan fingerprint density at radius 2 is 2.17 bits per heavy atom. The van der Waals surface area contributed by atoms with Crippen molar-refractivity contribution in [1.29, 1.82) is 0 Å². The third-order valence-corrected chi connectivity index (χ3v) is 4.31. The van der Waals surface area contributed by atoms with Gasteiger partial charge in [-0.05, 0) is 52.5 Å². The second-order valence-corrected chi connectivity index (χ2v) is 5.73. The monoisotopic (exact) mass is 333 g/mol. The third kappa shape index (κ3) is 4.54. The van der Waals surface area contributed by atoms with Crippen molar-refractivity contribution in [2.45, 2.75) is 26.3 Å². The number of hydrogen-bond donors (Lipinski definition) is 1. The van der Waals surface area contributed by atoms with Gasteiger partial charge in [0.15, 0.2) is 0 Å². The molecule has 0 saturated carbocycles. The van der Waals surface area contributed by atoms with Gasteiger partial charge >= 0.3 is 0 Å². The summed E-state index contributed by atoms with van der Waals surface area (Å²) in [6.07, 6.45) is 1.03. The molecule has 2 nitrogen and oxygen atoms in total. The van der Waals surface area contributed by atoms with Crippen molar-refractivity contribution in [2.75, 3.05) is 20.3 Å². The first-order valence-corrected chi connectivity index (χ1v) is 7.44. The van der Waals surface area contributed by atoms with Crippen molar-refractivity contribution in [2.24, 2.45) is 5.92 Å². The minimum atomic E-state index is 0.316. The van der Waals surface area contributed by atoms with Crippen LogP contribution in [0.25, 0.3) is 0 Å². The zero-order valence-electron chi connectivity index (χ0n) is 11.2. The summed E-state index contributed by atoms with van der Waals surface area (Å²) in [7, 11) is 1.74. The summed E-state index contributed by atoms with van der Waals surface area (Å²) in [4.78, 5) is 0. The van der Waals surface area contributed by atoms with Gasteiger partial charge < -0.3 is 10.1 Å². The van der Waals surface area contributed by atoms with Gasteiger partial charge in [-0.25, -0.2) is 0 Å². The molecule has 2 unspecified atom stereocenters. The van der Waals surface area contributed by atoms with E-state index in [1.54, 1.807) is 7.11 Å². The van der Waals surface area contributed by atoms with E-state index in [0.717, 1.165) is 29.1 Å². The second-order valence-electron chi connectivity index (χ2n) is 4.47. The Kier molecular flexibility index (Phi) is 7.23. The smallest absolute Gasteiger partial charge is 0.0551 e. The quantitative estimate of drug-likeness (QED) is 0.796. The van der Waals surface area contributed by atoms with Crippen molar-refractivity contribution in [3.63, 3.8) is 0 Å². The van der Waals surface area contributed by atoms with E-state index in [1.807, 2.05) is 12.1 Å². The summed E-state index contributed by atoms with van der Waals surface area (Å²) in [5.41, 5.74) is 1.23.